The lowest BCUT2D eigenvalue weighted by molar-refractivity contribution is -0.120. The Morgan fingerprint density at radius 2 is 1.90 bits per heavy atom. The molecule has 1 aliphatic rings. The van der Waals surface area contributed by atoms with Crippen LogP contribution in [-0.2, 0) is 4.79 Å². The second-order valence-corrected chi connectivity index (χ2v) is 9.68. The third-order valence-corrected chi connectivity index (χ3v) is 7.17. The number of halogens is 2. The van der Waals surface area contributed by atoms with Crippen LogP contribution in [0.3, 0.4) is 0 Å². The molecular weight excluding hydrogens is 445 g/mol. The van der Waals surface area contributed by atoms with Crippen LogP contribution >= 0.6 is 35.0 Å². The van der Waals surface area contributed by atoms with E-state index in [9.17, 15) is 9.59 Å². The molecule has 1 fully saturated rings. The monoisotopic (exact) mass is 469 g/mol. The lowest BCUT2D eigenvalue weighted by Crippen LogP contribution is -2.42. The van der Waals surface area contributed by atoms with E-state index in [1.165, 1.54) is 18.2 Å². The highest BCUT2D eigenvalue weighted by atomic mass is 35.5. The molecule has 162 valence electrons. The molecule has 0 radical (unpaired) electrons. The number of nitrogens with one attached hydrogen (secondary N) is 1. The zero-order valence-corrected chi connectivity index (χ0v) is 19.2. The molecule has 0 spiro atoms. The van der Waals surface area contributed by atoms with E-state index >= 15 is 0 Å². The maximum atomic E-state index is 12.5. The maximum absolute atomic E-state index is 12.5. The topological polar surface area (TPSA) is 103 Å². The van der Waals surface area contributed by atoms with E-state index in [0.29, 0.717) is 21.0 Å². The molecule has 0 unspecified atom stereocenters. The van der Waals surface area contributed by atoms with Gasteiger partial charge in [0, 0.05) is 16.6 Å². The fourth-order valence-corrected chi connectivity index (χ4v) is 5.27. The highest BCUT2D eigenvalue weighted by Crippen LogP contribution is 2.39. The summed E-state index contributed by atoms with van der Waals surface area (Å²) in [6.45, 7) is 3.83. The lowest BCUT2D eigenvalue weighted by Gasteiger charge is -2.27. The van der Waals surface area contributed by atoms with Gasteiger partial charge in [-0.3, -0.25) is 14.7 Å². The van der Waals surface area contributed by atoms with Crippen LogP contribution < -0.4 is 11.1 Å². The molecule has 1 saturated carbocycles. The maximum Gasteiger partial charge on any atom is 0.318 e. The van der Waals surface area contributed by atoms with Crippen LogP contribution in [0.15, 0.2) is 23.4 Å². The lowest BCUT2D eigenvalue weighted by atomic mass is 9.95. The number of carbonyl (C=O) groups is 2. The standard InChI is InChI=1S/C20H25Cl2N5O2S/c1-11(2)16(18(28)24-19(23)29)30-20-26-25-17(14-9-8-12(21)10-15(14)22)27(20)13-6-4-3-5-7-13/h8-11,13,16H,3-7H2,1-2H3,(H3,23,24,28,29)/t16-/m1/s1. The predicted molar refractivity (Wildman–Crippen MR) is 120 cm³/mol. The zero-order chi connectivity index (χ0) is 21.8. The summed E-state index contributed by atoms with van der Waals surface area (Å²) in [6, 6.07) is 4.63. The summed E-state index contributed by atoms with van der Waals surface area (Å²) in [7, 11) is 0. The van der Waals surface area contributed by atoms with Crippen LogP contribution in [0.25, 0.3) is 11.4 Å². The minimum atomic E-state index is -0.867. The van der Waals surface area contributed by atoms with Gasteiger partial charge < -0.3 is 5.73 Å². The van der Waals surface area contributed by atoms with Gasteiger partial charge >= 0.3 is 6.03 Å². The van der Waals surface area contributed by atoms with Crippen LogP contribution in [-0.4, -0.2) is 32.0 Å². The molecule has 1 aromatic heterocycles. The molecule has 0 bridgehead atoms. The number of nitrogens with zero attached hydrogens (tertiary/aromatic N) is 3. The van der Waals surface area contributed by atoms with Crippen molar-refractivity contribution in [1.29, 1.82) is 0 Å². The molecule has 7 nitrogen and oxygen atoms in total. The van der Waals surface area contributed by atoms with Gasteiger partial charge in [0.25, 0.3) is 0 Å². The van der Waals surface area contributed by atoms with Crippen molar-refractivity contribution in [1.82, 2.24) is 20.1 Å². The Hall–Kier alpha value is -1.77. The first-order chi connectivity index (χ1) is 14.3. The molecule has 1 aromatic carbocycles. The first-order valence-corrected chi connectivity index (χ1v) is 11.6. The Labute approximate surface area is 190 Å². The van der Waals surface area contributed by atoms with Crippen molar-refractivity contribution < 1.29 is 9.59 Å². The number of benzene rings is 1. The largest absolute Gasteiger partial charge is 0.351 e. The number of primary amides is 1. The number of nitrogens with two attached hydrogens (primary N) is 1. The van der Waals surface area contributed by atoms with Crippen LogP contribution in [0.2, 0.25) is 10.0 Å². The van der Waals surface area contributed by atoms with E-state index in [4.69, 9.17) is 28.9 Å². The number of thioether (sulfide) groups is 1. The average Bonchev–Trinajstić information content (AvgIpc) is 3.09. The number of hydrogen-bond acceptors (Lipinski definition) is 5. The molecule has 3 amide bonds. The van der Waals surface area contributed by atoms with E-state index in [2.05, 4.69) is 20.1 Å². The molecule has 1 atom stereocenters. The molecule has 0 saturated heterocycles. The predicted octanol–water partition coefficient (Wildman–Crippen LogP) is 5.07. The fraction of sp³-hybridized carbons (Fsp3) is 0.500. The Morgan fingerprint density at radius 1 is 1.20 bits per heavy atom. The second-order valence-electron chi connectivity index (χ2n) is 7.73. The molecule has 3 N–H and O–H groups in total. The Kier molecular flexibility index (Phi) is 7.65. The third-order valence-electron chi connectivity index (χ3n) is 5.12. The summed E-state index contributed by atoms with van der Waals surface area (Å²) in [6.07, 6.45) is 5.45. The van der Waals surface area contributed by atoms with Gasteiger partial charge in [0.15, 0.2) is 11.0 Å². The minimum Gasteiger partial charge on any atom is -0.351 e. The van der Waals surface area contributed by atoms with E-state index in [1.807, 2.05) is 19.9 Å². The van der Waals surface area contributed by atoms with Crippen molar-refractivity contribution in [2.75, 3.05) is 0 Å². The van der Waals surface area contributed by atoms with Crippen molar-refractivity contribution in [2.45, 2.75) is 62.4 Å². The minimum absolute atomic E-state index is 0.0478. The molecule has 30 heavy (non-hydrogen) atoms. The Balaban J connectivity index is 2.02. The van der Waals surface area contributed by atoms with Gasteiger partial charge in [-0.15, -0.1) is 10.2 Å². The van der Waals surface area contributed by atoms with E-state index < -0.39 is 17.2 Å². The van der Waals surface area contributed by atoms with Crippen molar-refractivity contribution in [2.24, 2.45) is 11.7 Å². The van der Waals surface area contributed by atoms with Crippen LogP contribution in [0.1, 0.15) is 52.0 Å². The SMILES string of the molecule is CC(C)[C@@H](Sc1nnc(-c2ccc(Cl)cc2Cl)n1C1CCCCC1)C(=O)NC(N)=O. The van der Waals surface area contributed by atoms with Crippen molar-refractivity contribution in [3.05, 3.63) is 28.2 Å². The average molecular weight is 470 g/mol. The second kappa shape index (κ2) is 10.0. The number of imide groups is 1. The smallest absolute Gasteiger partial charge is 0.318 e. The highest BCUT2D eigenvalue weighted by molar-refractivity contribution is 8.00. The molecule has 10 heteroatoms. The van der Waals surface area contributed by atoms with Crippen LogP contribution in [0.5, 0.6) is 0 Å². The number of carbonyl (C=O) groups excluding carboxylic acids is 2. The van der Waals surface area contributed by atoms with Gasteiger partial charge in [-0.2, -0.15) is 0 Å². The summed E-state index contributed by atoms with van der Waals surface area (Å²) in [4.78, 5) is 23.7. The van der Waals surface area contributed by atoms with E-state index in [0.717, 1.165) is 31.2 Å². The number of rotatable bonds is 6. The van der Waals surface area contributed by atoms with Gasteiger partial charge in [0.2, 0.25) is 5.91 Å². The first-order valence-electron chi connectivity index (χ1n) is 9.95. The fourth-order valence-electron chi connectivity index (χ4n) is 3.68. The Bertz CT molecular complexity index is 928. The normalized spacial score (nSPS) is 15.9. The van der Waals surface area contributed by atoms with Crippen molar-refractivity contribution in [3.63, 3.8) is 0 Å². The molecule has 1 aliphatic carbocycles. The van der Waals surface area contributed by atoms with Gasteiger partial charge in [0.1, 0.15) is 0 Å². The zero-order valence-electron chi connectivity index (χ0n) is 16.9. The summed E-state index contributed by atoms with van der Waals surface area (Å²) in [5.41, 5.74) is 5.89. The molecule has 1 heterocycles. The van der Waals surface area contributed by atoms with Gasteiger partial charge in [0.05, 0.1) is 10.3 Å². The molecular formula is C20H25Cl2N5O2S. The van der Waals surface area contributed by atoms with Gasteiger partial charge in [-0.25, -0.2) is 4.79 Å². The molecule has 0 aliphatic heterocycles. The third kappa shape index (κ3) is 5.28. The Morgan fingerprint density at radius 3 is 2.50 bits per heavy atom. The van der Waals surface area contributed by atoms with E-state index in [-0.39, 0.29) is 12.0 Å². The van der Waals surface area contributed by atoms with Crippen LogP contribution in [0, 0.1) is 5.92 Å². The number of aromatic nitrogens is 3. The van der Waals surface area contributed by atoms with Crippen molar-refractivity contribution in [3.8, 4) is 11.4 Å². The van der Waals surface area contributed by atoms with E-state index in [1.54, 1.807) is 12.1 Å². The van der Waals surface area contributed by atoms with Crippen LogP contribution in [0.4, 0.5) is 4.79 Å². The number of amides is 3. The number of hydrogen-bond donors (Lipinski definition) is 2. The van der Waals surface area contributed by atoms with Gasteiger partial charge in [-0.1, -0.05) is 68.1 Å². The quantitative estimate of drug-likeness (QED) is 0.574. The summed E-state index contributed by atoms with van der Waals surface area (Å²) < 4.78 is 2.09. The molecule has 2 aromatic rings. The highest BCUT2D eigenvalue weighted by Gasteiger charge is 2.30. The first kappa shape index (κ1) is 22.9. The molecule has 3 rings (SSSR count). The number of urea groups is 1. The summed E-state index contributed by atoms with van der Waals surface area (Å²) in [5, 5.41) is 12.1. The van der Waals surface area contributed by atoms with Gasteiger partial charge in [-0.05, 0) is 37.0 Å². The summed E-state index contributed by atoms with van der Waals surface area (Å²) in [5.74, 6) is 0.170. The summed E-state index contributed by atoms with van der Waals surface area (Å²) >= 11 is 13.8. The van der Waals surface area contributed by atoms with Crippen molar-refractivity contribution >= 4 is 46.9 Å².